The maximum Gasteiger partial charge on any atom is 0.303 e. The molecule has 2 N–H and O–H groups in total. The van der Waals surface area contributed by atoms with Crippen molar-refractivity contribution in [2.75, 3.05) is 13.6 Å². The average molecular weight is 387 g/mol. The number of benzene rings is 1. The summed E-state index contributed by atoms with van der Waals surface area (Å²) in [5.41, 5.74) is 5.47. The number of aliphatic carboxylic acids is 1. The molecule has 3 rings (SSSR count). The predicted molar refractivity (Wildman–Crippen MR) is 112 cm³/mol. The molecule has 0 spiro atoms. The number of hydrogen-bond acceptors (Lipinski definition) is 4. The Bertz CT molecular complexity index is 742. The van der Waals surface area contributed by atoms with Crippen molar-refractivity contribution in [1.82, 2.24) is 9.62 Å². The molecule has 27 heavy (non-hydrogen) atoms. The van der Waals surface area contributed by atoms with Gasteiger partial charge in [-0.3, -0.25) is 4.79 Å². The maximum absolute atomic E-state index is 10.6. The molecule has 0 saturated carbocycles. The molecule has 1 atom stereocenters. The van der Waals surface area contributed by atoms with Crippen LogP contribution in [-0.4, -0.2) is 29.0 Å². The summed E-state index contributed by atoms with van der Waals surface area (Å²) in [4.78, 5) is 11.9. The quantitative estimate of drug-likeness (QED) is 0.474. The Morgan fingerprint density at radius 1 is 1.30 bits per heavy atom. The van der Waals surface area contributed by atoms with Crippen molar-refractivity contribution in [3.63, 3.8) is 0 Å². The van der Waals surface area contributed by atoms with Crippen LogP contribution in [0.1, 0.15) is 62.1 Å². The highest BCUT2D eigenvalue weighted by molar-refractivity contribution is 7.97. The van der Waals surface area contributed by atoms with Gasteiger partial charge >= 0.3 is 5.97 Å². The second-order valence-electron chi connectivity index (χ2n) is 7.42. The Balaban J connectivity index is 1.69. The van der Waals surface area contributed by atoms with Crippen molar-refractivity contribution in [3.05, 3.63) is 52.7 Å². The first-order valence-electron chi connectivity index (χ1n) is 9.93. The number of unbranched alkanes of at least 4 members (excludes halogenated alkanes) is 3. The Morgan fingerprint density at radius 2 is 2.11 bits per heavy atom. The predicted octanol–water partition coefficient (Wildman–Crippen LogP) is 5.22. The van der Waals surface area contributed by atoms with E-state index in [2.05, 4.69) is 53.9 Å². The van der Waals surface area contributed by atoms with Gasteiger partial charge in [-0.1, -0.05) is 37.1 Å². The summed E-state index contributed by atoms with van der Waals surface area (Å²) in [6.07, 6.45) is 11.0. The molecule has 1 heterocycles. The lowest BCUT2D eigenvalue weighted by Crippen LogP contribution is -2.26. The summed E-state index contributed by atoms with van der Waals surface area (Å²) in [6.45, 7) is 3.10. The highest BCUT2D eigenvalue weighted by Gasteiger charge is 2.28. The molecule has 1 aromatic carbocycles. The summed E-state index contributed by atoms with van der Waals surface area (Å²) >= 11 is 1.84. The smallest absolute Gasteiger partial charge is 0.303 e. The van der Waals surface area contributed by atoms with Gasteiger partial charge in [0, 0.05) is 24.1 Å². The van der Waals surface area contributed by atoms with Gasteiger partial charge in [-0.25, -0.2) is 0 Å². The van der Waals surface area contributed by atoms with E-state index in [0.717, 1.165) is 45.1 Å². The molecule has 4 nitrogen and oxygen atoms in total. The minimum atomic E-state index is -0.691. The summed E-state index contributed by atoms with van der Waals surface area (Å²) in [5.74, 6) is -0.691. The van der Waals surface area contributed by atoms with Gasteiger partial charge in [-0.05, 0) is 73.9 Å². The molecule has 0 bridgehead atoms. The number of aryl methyl sites for hydroxylation is 1. The van der Waals surface area contributed by atoms with E-state index < -0.39 is 5.97 Å². The SMILES string of the molecule is Cc1ccc2c(c1)SN(C)C1=C(C=CCC1)C2NCCCCCCC(=O)O. The van der Waals surface area contributed by atoms with E-state index >= 15 is 0 Å². The fourth-order valence-corrected chi connectivity index (χ4v) is 4.96. The zero-order valence-corrected chi connectivity index (χ0v) is 17.1. The molecular weight excluding hydrogens is 356 g/mol. The summed E-state index contributed by atoms with van der Waals surface area (Å²) in [5, 5.41) is 12.5. The van der Waals surface area contributed by atoms with Crippen LogP contribution in [0.4, 0.5) is 0 Å². The van der Waals surface area contributed by atoms with Crippen LogP contribution in [0.3, 0.4) is 0 Å². The van der Waals surface area contributed by atoms with Crippen LogP contribution in [0.2, 0.25) is 0 Å². The minimum Gasteiger partial charge on any atom is -0.481 e. The third-order valence-electron chi connectivity index (χ3n) is 5.25. The molecule has 2 aliphatic rings. The summed E-state index contributed by atoms with van der Waals surface area (Å²) in [7, 11) is 2.18. The minimum absolute atomic E-state index is 0.226. The lowest BCUT2D eigenvalue weighted by Gasteiger charge is -2.26. The second kappa shape index (κ2) is 9.47. The first kappa shape index (κ1) is 20.0. The van der Waals surface area contributed by atoms with Crippen molar-refractivity contribution in [1.29, 1.82) is 0 Å². The highest BCUT2D eigenvalue weighted by Crippen LogP contribution is 2.43. The third kappa shape index (κ3) is 5.17. The lowest BCUT2D eigenvalue weighted by atomic mass is 9.91. The van der Waals surface area contributed by atoms with E-state index in [1.165, 1.54) is 27.3 Å². The molecule has 0 fully saturated rings. The molecule has 0 radical (unpaired) electrons. The standard InChI is InChI=1S/C22H30N2O2S/c1-16-12-13-18-20(15-16)27-24(2)19-10-7-6-9-17(19)22(18)23-14-8-4-3-5-11-21(25)26/h6,9,12-13,15,22-23H,3-5,7-8,10-11,14H2,1-2H3,(H,25,26). The van der Waals surface area contributed by atoms with E-state index in [4.69, 9.17) is 5.11 Å². The zero-order chi connectivity index (χ0) is 19.2. The van der Waals surface area contributed by atoms with Crippen LogP contribution in [0.15, 0.2) is 46.5 Å². The Hall–Kier alpha value is -1.72. The van der Waals surface area contributed by atoms with E-state index in [1.54, 1.807) is 0 Å². The fraction of sp³-hybridized carbons (Fsp3) is 0.500. The van der Waals surface area contributed by atoms with Crippen molar-refractivity contribution in [3.8, 4) is 0 Å². The summed E-state index contributed by atoms with van der Waals surface area (Å²) < 4.78 is 2.34. The molecular formula is C22H30N2O2S. The Labute approximate surface area is 166 Å². The van der Waals surface area contributed by atoms with Gasteiger partial charge in [0.15, 0.2) is 0 Å². The molecule has 1 aromatic rings. The average Bonchev–Trinajstić information content (AvgIpc) is 2.75. The fourth-order valence-electron chi connectivity index (χ4n) is 3.82. The van der Waals surface area contributed by atoms with Crippen molar-refractivity contribution in [2.24, 2.45) is 0 Å². The number of carbonyl (C=O) groups is 1. The number of rotatable bonds is 8. The lowest BCUT2D eigenvalue weighted by molar-refractivity contribution is -0.137. The Morgan fingerprint density at radius 3 is 2.93 bits per heavy atom. The molecule has 146 valence electrons. The van der Waals surface area contributed by atoms with Gasteiger partial charge in [-0.2, -0.15) is 0 Å². The van der Waals surface area contributed by atoms with Crippen LogP contribution >= 0.6 is 11.9 Å². The van der Waals surface area contributed by atoms with E-state index in [-0.39, 0.29) is 12.5 Å². The number of carboxylic acids is 1. The van der Waals surface area contributed by atoms with Crippen LogP contribution in [0.5, 0.6) is 0 Å². The van der Waals surface area contributed by atoms with Crippen LogP contribution in [0.25, 0.3) is 0 Å². The molecule has 5 heteroatoms. The van der Waals surface area contributed by atoms with Gasteiger partial charge < -0.3 is 14.7 Å². The largest absolute Gasteiger partial charge is 0.481 e. The molecule has 1 unspecified atom stereocenters. The number of fused-ring (bicyclic) bond motifs is 1. The van der Waals surface area contributed by atoms with Gasteiger partial charge in [0.05, 0.1) is 6.04 Å². The van der Waals surface area contributed by atoms with Gasteiger partial charge in [0.2, 0.25) is 0 Å². The van der Waals surface area contributed by atoms with Gasteiger partial charge in [0.25, 0.3) is 0 Å². The van der Waals surface area contributed by atoms with E-state index in [1.807, 2.05) is 11.9 Å². The van der Waals surface area contributed by atoms with Crippen LogP contribution in [0, 0.1) is 6.92 Å². The van der Waals surface area contributed by atoms with Crippen molar-refractivity contribution < 1.29 is 9.90 Å². The molecule has 0 aromatic heterocycles. The topological polar surface area (TPSA) is 52.6 Å². The zero-order valence-electron chi connectivity index (χ0n) is 16.3. The first-order valence-corrected chi connectivity index (χ1v) is 10.7. The number of hydrogen-bond donors (Lipinski definition) is 2. The second-order valence-corrected chi connectivity index (χ2v) is 8.59. The first-order chi connectivity index (χ1) is 13.1. The third-order valence-corrected chi connectivity index (χ3v) is 6.30. The van der Waals surface area contributed by atoms with E-state index in [9.17, 15) is 4.79 Å². The van der Waals surface area contributed by atoms with Gasteiger partial charge in [-0.15, -0.1) is 0 Å². The van der Waals surface area contributed by atoms with Crippen molar-refractivity contribution >= 4 is 17.9 Å². The maximum atomic E-state index is 10.6. The number of nitrogens with zero attached hydrogens (tertiary/aromatic N) is 1. The summed E-state index contributed by atoms with van der Waals surface area (Å²) in [6, 6.07) is 7.00. The number of nitrogens with one attached hydrogen (secondary N) is 1. The van der Waals surface area contributed by atoms with Crippen LogP contribution in [-0.2, 0) is 4.79 Å². The van der Waals surface area contributed by atoms with Crippen molar-refractivity contribution in [2.45, 2.75) is 62.8 Å². The normalized spacial score (nSPS) is 18.9. The van der Waals surface area contributed by atoms with Gasteiger partial charge in [0.1, 0.15) is 0 Å². The molecule has 1 aliphatic heterocycles. The molecule has 1 aliphatic carbocycles. The van der Waals surface area contributed by atoms with E-state index in [0.29, 0.717) is 0 Å². The highest BCUT2D eigenvalue weighted by atomic mass is 32.2. The number of carboxylic acid groups (broad SMARTS) is 1. The molecule has 0 saturated heterocycles. The Kier molecular flexibility index (Phi) is 7.02. The number of allylic oxidation sites excluding steroid dienone is 2. The molecule has 0 amide bonds. The monoisotopic (exact) mass is 386 g/mol. The van der Waals surface area contributed by atoms with Crippen LogP contribution < -0.4 is 5.32 Å².